The molecule has 0 aliphatic carbocycles. The van der Waals surface area contributed by atoms with Gasteiger partial charge in [-0.2, -0.15) is 5.26 Å². The van der Waals surface area contributed by atoms with Crippen molar-refractivity contribution in [2.45, 2.75) is 38.0 Å². The summed E-state index contributed by atoms with van der Waals surface area (Å²) in [7, 11) is 1.90. The number of hydrogen-bond donors (Lipinski definition) is 3. The summed E-state index contributed by atoms with van der Waals surface area (Å²) in [5.41, 5.74) is 4.57. The number of halogens is 1. The van der Waals surface area contributed by atoms with Crippen molar-refractivity contribution in [1.82, 2.24) is 35.0 Å². The van der Waals surface area contributed by atoms with Crippen LogP contribution in [0.2, 0.25) is 0 Å². The Kier molecular flexibility index (Phi) is 7.81. The summed E-state index contributed by atoms with van der Waals surface area (Å²) in [5.74, 6) is 0.989. The average molecular weight is 639 g/mol. The van der Waals surface area contributed by atoms with Crippen molar-refractivity contribution >= 4 is 39.8 Å². The first kappa shape index (κ1) is 29.7. The third-order valence-electron chi connectivity index (χ3n) is 8.34. The smallest absolute Gasteiger partial charge is 0.237 e. The van der Waals surface area contributed by atoms with Gasteiger partial charge in [0.25, 0.3) is 0 Å². The van der Waals surface area contributed by atoms with Crippen molar-refractivity contribution in [3.63, 3.8) is 0 Å². The van der Waals surface area contributed by atoms with E-state index in [0.717, 1.165) is 28.3 Å². The molecule has 0 spiro atoms. The number of imidazole rings is 1. The van der Waals surface area contributed by atoms with E-state index in [2.05, 4.69) is 26.7 Å². The molecule has 4 aromatic heterocycles. The van der Waals surface area contributed by atoms with Crippen molar-refractivity contribution in [2.75, 3.05) is 36.5 Å². The van der Waals surface area contributed by atoms with Crippen LogP contribution >= 0.6 is 11.3 Å². The molecule has 14 heteroatoms. The number of rotatable bonds is 8. The van der Waals surface area contributed by atoms with Gasteiger partial charge in [0, 0.05) is 62.0 Å². The number of aliphatic hydroxyl groups is 1. The maximum atomic E-state index is 13.5. The number of thiazole rings is 1. The lowest BCUT2D eigenvalue weighted by Gasteiger charge is -2.39. The molecule has 5 aromatic rings. The summed E-state index contributed by atoms with van der Waals surface area (Å²) >= 11 is 1.27. The van der Waals surface area contributed by atoms with Crippen LogP contribution in [-0.2, 0) is 11.2 Å². The highest BCUT2D eigenvalue weighted by Crippen LogP contribution is 2.37. The van der Waals surface area contributed by atoms with Gasteiger partial charge >= 0.3 is 0 Å². The first-order chi connectivity index (χ1) is 22.3. The van der Waals surface area contributed by atoms with Gasteiger partial charge in [-0.3, -0.25) is 9.20 Å². The second kappa shape index (κ2) is 12.1. The van der Waals surface area contributed by atoms with E-state index in [1.807, 2.05) is 46.5 Å². The molecule has 234 valence electrons. The van der Waals surface area contributed by atoms with Crippen molar-refractivity contribution < 1.29 is 14.3 Å². The van der Waals surface area contributed by atoms with Crippen LogP contribution in [0, 0.1) is 17.1 Å². The highest BCUT2D eigenvalue weighted by molar-refractivity contribution is 7.16. The highest BCUT2D eigenvalue weighted by atomic mass is 32.1. The molecule has 6 heterocycles. The van der Waals surface area contributed by atoms with Crippen LogP contribution < -0.4 is 20.4 Å². The predicted octanol–water partition coefficient (Wildman–Crippen LogP) is 3.28. The lowest BCUT2D eigenvalue weighted by atomic mass is 10.1. The Morgan fingerprint density at radius 3 is 2.57 bits per heavy atom. The molecule has 0 radical (unpaired) electrons. The Morgan fingerprint density at radius 1 is 1.15 bits per heavy atom. The van der Waals surface area contributed by atoms with Gasteiger partial charge in [-0.15, -0.1) is 0 Å². The first-order valence-corrected chi connectivity index (χ1v) is 15.8. The fraction of sp³-hybridized carbons (Fsp3) is 0.312. The minimum Gasteiger partial charge on any atom is -0.392 e. The molecule has 0 unspecified atom stereocenters. The number of fused-ring (bicyclic) bond motifs is 1. The van der Waals surface area contributed by atoms with Gasteiger partial charge < -0.3 is 25.5 Å². The molecule has 1 amide bonds. The van der Waals surface area contributed by atoms with Crippen LogP contribution in [0.5, 0.6) is 0 Å². The first-order valence-electron chi connectivity index (χ1n) is 15.0. The highest BCUT2D eigenvalue weighted by Gasteiger charge is 2.34. The molecule has 0 bridgehead atoms. The van der Waals surface area contributed by atoms with Crippen LogP contribution in [-0.4, -0.2) is 80.2 Å². The number of β-amino-alcohol motifs (C(OH)–C–C–N with tert-alkyl or cyclic N) is 1. The maximum absolute atomic E-state index is 13.5. The second-order valence-corrected chi connectivity index (χ2v) is 12.4. The zero-order valence-electron chi connectivity index (χ0n) is 25.2. The van der Waals surface area contributed by atoms with E-state index in [1.54, 1.807) is 24.5 Å². The van der Waals surface area contributed by atoms with Crippen molar-refractivity contribution in [3.05, 3.63) is 71.4 Å². The number of amides is 1. The minimum atomic E-state index is -0.478. The molecule has 1 aromatic carbocycles. The molecular formula is C32H31FN10O2S. The van der Waals surface area contributed by atoms with E-state index in [-0.39, 0.29) is 23.8 Å². The van der Waals surface area contributed by atoms with Crippen molar-refractivity contribution in [2.24, 2.45) is 0 Å². The van der Waals surface area contributed by atoms with Crippen molar-refractivity contribution in [1.29, 1.82) is 5.26 Å². The number of carbonyl (C=O) groups is 1. The number of aromatic nitrogens is 5. The normalized spacial score (nSPS) is 18.0. The van der Waals surface area contributed by atoms with E-state index >= 15 is 0 Å². The Bertz CT molecular complexity index is 1950. The number of pyridine rings is 1. The summed E-state index contributed by atoms with van der Waals surface area (Å²) in [6.07, 6.45) is 6.21. The SMILES string of the molecule is CCc1nc2ccc(-c3cnc(N4CC(NC(=O)[C@H]5C[C@H](O)CN5)C4)nc3)cn2c1N(C)c1nc(-c2ccc(F)cc2)c(C#N)s1. The number of aryl methyl sites for hydroxylation is 1. The van der Waals surface area contributed by atoms with Crippen LogP contribution in [0.3, 0.4) is 0 Å². The lowest BCUT2D eigenvalue weighted by molar-refractivity contribution is -0.123. The molecule has 2 aliphatic heterocycles. The summed E-state index contributed by atoms with van der Waals surface area (Å²) in [5, 5.41) is 26.2. The van der Waals surface area contributed by atoms with Crippen LogP contribution in [0.25, 0.3) is 28.0 Å². The monoisotopic (exact) mass is 638 g/mol. The fourth-order valence-electron chi connectivity index (χ4n) is 5.85. The van der Waals surface area contributed by atoms with Crippen LogP contribution in [0.4, 0.5) is 21.3 Å². The second-order valence-electron chi connectivity index (χ2n) is 11.5. The van der Waals surface area contributed by atoms with Gasteiger partial charge in [-0.25, -0.2) is 24.3 Å². The topological polar surface area (TPSA) is 148 Å². The maximum Gasteiger partial charge on any atom is 0.237 e. The van der Waals surface area contributed by atoms with Crippen LogP contribution in [0.1, 0.15) is 23.9 Å². The molecule has 46 heavy (non-hydrogen) atoms. The number of benzene rings is 1. The number of nitrogens with zero attached hydrogens (tertiary/aromatic N) is 8. The predicted molar refractivity (Wildman–Crippen MR) is 172 cm³/mol. The van der Waals surface area contributed by atoms with Gasteiger partial charge in [0.15, 0.2) is 5.13 Å². The van der Waals surface area contributed by atoms with E-state index in [4.69, 9.17) is 9.97 Å². The molecular weight excluding hydrogens is 607 g/mol. The molecule has 2 fully saturated rings. The zero-order valence-corrected chi connectivity index (χ0v) is 26.0. The number of nitrogens with one attached hydrogen (secondary N) is 2. The Morgan fingerprint density at radius 2 is 1.89 bits per heavy atom. The third-order valence-corrected chi connectivity index (χ3v) is 9.38. The number of anilines is 3. The standard InChI is InChI=1S/C32H31FN10O2S/c1-3-24-30(41(2)32-40-28(26(11-34)46-32)18-4-7-21(33)8-5-18)43-15-19(6-9-27(43)39-24)20-12-36-31(37-13-20)42-16-22(17-42)38-29(45)25-10-23(44)14-35-25/h4-9,12-13,15,22-23,25,35,44H,3,10,14,16-17H2,1-2H3,(H,38,45)/t23-,25+/m0/s1. The Hall–Kier alpha value is -4.97. The molecule has 2 aliphatic rings. The number of hydrogen-bond acceptors (Lipinski definition) is 11. The van der Waals surface area contributed by atoms with Gasteiger partial charge in [0.1, 0.15) is 33.9 Å². The summed E-state index contributed by atoms with van der Waals surface area (Å²) in [6, 6.07) is 11.8. The zero-order chi connectivity index (χ0) is 31.9. The Balaban J connectivity index is 1.10. The van der Waals surface area contributed by atoms with Crippen molar-refractivity contribution in [3.8, 4) is 28.5 Å². The summed E-state index contributed by atoms with van der Waals surface area (Å²) < 4.78 is 15.5. The third kappa shape index (κ3) is 5.53. The average Bonchev–Trinajstić information content (AvgIpc) is 3.79. The molecule has 7 rings (SSSR count). The van der Waals surface area contributed by atoms with E-state index in [9.17, 15) is 19.6 Å². The number of carbonyl (C=O) groups excluding carboxylic acids is 1. The fourth-order valence-corrected chi connectivity index (χ4v) is 6.70. The number of aliphatic hydroxyl groups excluding tert-OH is 1. The molecule has 3 N–H and O–H groups in total. The Labute approximate surface area is 268 Å². The van der Waals surface area contributed by atoms with E-state index < -0.39 is 6.10 Å². The molecule has 0 saturated carbocycles. The summed E-state index contributed by atoms with van der Waals surface area (Å²) in [6.45, 7) is 3.71. The lowest BCUT2D eigenvalue weighted by Crippen LogP contribution is -2.61. The minimum absolute atomic E-state index is 0.0102. The molecule has 2 saturated heterocycles. The summed E-state index contributed by atoms with van der Waals surface area (Å²) in [4.78, 5) is 35.6. The quantitative estimate of drug-likeness (QED) is 0.231. The van der Waals surface area contributed by atoms with Gasteiger partial charge in [-0.1, -0.05) is 18.3 Å². The van der Waals surface area contributed by atoms with Gasteiger partial charge in [-0.05, 0) is 49.2 Å². The molecule has 12 nitrogen and oxygen atoms in total. The van der Waals surface area contributed by atoms with Gasteiger partial charge in [0.05, 0.1) is 23.9 Å². The van der Waals surface area contributed by atoms with E-state index in [1.165, 1.54) is 23.5 Å². The number of nitriles is 1. The van der Waals surface area contributed by atoms with Gasteiger partial charge in [0.2, 0.25) is 11.9 Å². The molecule has 2 atom stereocenters. The van der Waals surface area contributed by atoms with Crippen LogP contribution in [0.15, 0.2) is 55.0 Å². The van der Waals surface area contributed by atoms with E-state index in [0.29, 0.717) is 59.7 Å². The largest absolute Gasteiger partial charge is 0.392 e.